The van der Waals surface area contributed by atoms with Crippen LogP contribution in [0.5, 0.6) is 0 Å². The fourth-order valence-electron chi connectivity index (χ4n) is 6.98. The van der Waals surface area contributed by atoms with Crippen molar-refractivity contribution in [2.75, 3.05) is 49.5 Å². The molecule has 6 heterocycles. The number of pyridine rings is 1. The highest BCUT2D eigenvalue weighted by molar-refractivity contribution is 7.18. The molecule has 4 aromatic heterocycles. The Labute approximate surface area is 271 Å². The number of nitrogens with one attached hydrogen (secondary N) is 2. The van der Waals surface area contributed by atoms with E-state index in [4.69, 9.17) is 4.98 Å². The van der Waals surface area contributed by atoms with Gasteiger partial charge in [-0.25, -0.2) is 9.31 Å². The highest BCUT2D eigenvalue weighted by Gasteiger charge is 2.44. The lowest BCUT2D eigenvalue weighted by molar-refractivity contribution is -0.130. The van der Waals surface area contributed by atoms with Gasteiger partial charge in [-0.1, -0.05) is 11.3 Å². The van der Waals surface area contributed by atoms with E-state index in [2.05, 4.69) is 50.7 Å². The molecular weight excluding hydrogens is 602 g/mol. The molecule has 1 saturated carbocycles. The van der Waals surface area contributed by atoms with Crippen LogP contribution >= 0.6 is 11.3 Å². The number of rotatable bonds is 6. The van der Waals surface area contributed by atoms with Crippen LogP contribution in [0, 0.1) is 23.2 Å². The summed E-state index contributed by atoms with van der Waals surface area (Å²) >= 11 is 1.56. The minimum Gasteiger partial charge on any atom is -0.382 e. The molecule has 7 rings (SSSR count). The molecule has 2 N–H and O–H groups in total. The Morgan fingerprint density at radius 3 is 2.46 bits per heavy atom. The lowest BCUT2D eigenvalue weighted by atomic mass is 9.92. The van der Waals surface area contributed by atoms with Gasteiger partial charge in [-0.05, 0) is 62.8 Å². The normalized spacial score (nSPS) is 21.1. The minimum absolute atomic E-state index is 0.0197. The quantitative estimate of drug-likeness (QED) is 0.322. The van der Waals surface area contributed by atoms with Gasteiger partial charge in [-0.3, -0.25) is 9.78 Å². The highest BCUT2D eigenvalue weighted by Crippen LogP contribution is 2.41. The summed E-state index contributed by atoms with van der Waals surface area (Å²) in [6, 6.07) is 10.2. The SMILES string of the molecule is CC(=O)N1CCN(C(=O)N[C@@H]2[C@@H]3CC[C@H]2CN(c2nnc(-c4cnc(-c5ccc6cc(C#N)cnn56)cc4NC(C)C)s2)C3)CC1. The standard InChI is InChI=1S/C32H37N11O2S/c1-19(2)36-26-13-27(28-7-6-24-12-21(14-33)15-35-43(24)28)34-16-25(26)30-38-39-32(46-30)42-17-22-4-5-23(18-42)29(22)37-31(45)41-10-8-40(9-11-41)20(3)44/h6-7,12-13,15-16,19,22-23,29H,4-5,8-11,17-18H2,1-3H3,(H,34,36)(H,37,45)/t22-,23+,29-. The molecule has 3 aliphatic rings. The van der Waals surface area contributed by atoms with Crippen molar-refractivity contribution in [2.24, 2.45) is 11.8 Å². The molecule has 3 fully saturated rings. The molecular formula is C32H37N11O2S. The van der Waals surface area contributed by atoms with Crippen molar-refractivity contribution in [3.8, 4) is 28.0 Å². The van der Waals surface area contributed by atoms with E-state index < -0.39 is 0 Å². The zero-order chi connectivity index (χ0) is 31.9. The summed E-state index contributed by atoms with van der Waals surface area (Å²) in [4.78, 5) is 35.5. The average molecular weight is 640 g/mol. The molecule has 0 spiro atoms. The number of hydrogen-bond acceptors (Lipinski definition) is 10. The second-order valence-electron chi connectivity index (χ2n) is 12.7. The molecule has 0 unspecified atom stereocenters. The first-order valence-electron chi connectivity index (χ1n) is 15.8. The molecule has 13 nitrogen and oxygen atoms in total. The Kier molecular flexibility index (Phi) is 7.94. The molecule has 14 heteroatoms. The number of anilines is 2. The van der Waals surface area contributed by atoms with Crippen LogP contribution in [0.15, 0.2) is 36.7 Å². The third-order valence-corrected chi connectivity index (χ3v) is 10.3. The Bertz CT molecular complexity index is 1810. The zero-order valence-corrected chi connectivity index (χ0v) is 27.0. The van der Waals surface area contributed by atoms with Crippen LogP contribution in [0.1, 0.15) is 39.2 Å². The van der Waals surface area contributed by atoms with Gasteiger partial charge in [-0.2, -0.15) is 10.4 Å². The van der Waals surface area contributed by atoms with Crippen LogP contribution in [-0.2, 0) is 4.79 Å². The van der Waals surface area contributed by atoms with E-state index in [9.17, 15) is 14.9 Å². The van der Waals surface area contributed by atoms with Crippen LogP contribution in [0.3, 0.4) is 0 Å². The maximum atomic E-state index is 13.1. The van der Waals surface area contributed by atoms with Crippen LogP contribution in [0.4, 0.5) is 15.6 Å². The summed E-state index contributed by atoms with van der Waals surface area (Å²) in [5, 5.41) is 31.5. The number of nitriles is 1. The van der Waals surface area contributed by atoms with Crippen molar-refractivity contribution in [1.29, 1.82) is 5.26 Å². The monoisotopic (exact) mass is 639 g/mol. The maximum Gasteiger partial charge on any atom is 0.317 e. The smallest absolute Gasteiger partial charge is 0.317 e. The fraction of sp³-hybridized carbons (Fsp3) is 0.469. The van der Waals surface area contributed by atoms with Gasteiger partial charge in [0.05, 0.1) is 34.2 Å². The van der Waals surface area contributed by atoms with Gasteiger partial charge < -0.3 is 25.3 Å². The number of hydrogen-bond donors (Lipinski definition) is 2. The van der Waals surface area contributed by atoms with E-state index >= 15 is 0 Å². The number of carbonyl (C=O) groups is 2. The summed E-state index contributed by atoms with van der Waals surface area (Å²) in [5.74, 6) is 0.760. The number of nitrogens with zero attached hydrogens (tertiary/aromatic N) is 9. The summed E-state index contributed by atoms with van der Waals surface area (Å²) in [6.45, 7) is 9.73. The number of fused-ring (bicyclic) bond motifs is 3. The predicted octanol–water partition coefficient (Wildman–Crippen LogP) is 3.70. The second-order valence-corrected chi connectivity index (χ2v) is 13.6. The van der Waals surface area contributed by atoms with E-state index in [0.717, 1.165) is 64.2 Å². The molecule has 2 bridgehead atoms. The number of carbonyl (C=O) groups excluding carboxylic acids is 2. The molecule has 238 valence electrons. The maximum absolute atomic E-state index is 13.1. The van der Waals surface area contributed by atoms with Crippen molar-refractivity contribution in [3.05, 3.63) is 42.2 Å². The molecule has 3 amide bonds. The van der Waals surface area contributed by atoms with E-state index in [-0.39, 0.29) is 24.0 Å². The second kappa shape index (κ2) is 12.2. The molecule has 0 radical (unpaired) electrons. The summed E-state index contributed by atoms with van der Waals surface area (Å²) in [6.07, 6.45) is 5.55. The predicted molar refractivity (Wildman–Crippen MR) is 175 cm³/mol. The van der Waals surface area contributed by atoms with Gasteiger partial charge in [0.2, 0.25) is 11.0 Å². The van der Waals surface area contributed by atoms with E-state index in [1.54, 1.807) is 33.9 Å². The van der Waals surface area contributed by atoms with Crippen LogP contribution in [-0.4, -0.2) is 97.9 Å². The van der Waals surface area contributed by atoms with Crippen LogP contribution in [0.25, 0.3) is 27.5 Å². The molecule has 2 aliphatic heterocycles. The van der Waals surface area contributed by atoms with Crippen molar-refractivity contribution in [1.82, 2.24) is 39.9 Å². The Morgan fingerprint density at radius 1 is 1.02 bits per heavy atom. The van der Waals surface area contributed by atoms with Crippen molar-refractivity contribution >= 4 is 39.6 Å². The first-order chi connectivity index (χ1) is 22.3. The van der Waals surface area contributed by atoms with Crippen LogP contribution in [0.2, 0.25) is 0 Å². The van der Waals surface area contributed by atoms with Crippen molar-refractivity contribution in [3.63, 3.8) is 0 Å². The van der Waals surface area contributed by atoms with Gasteiger partial charge in [0.15, 0.2) is 5.01 Å². The van der Waals surface area contributed by atoms with Gasteiger partial charge in [-0.15, -0.1) is 10.2 Å². The lowest BCUT2D eigenvalue weighted by Crippen LogP contribution is -2.58. The summed E-state index contributed by atoms with van der Waals surface area (Å²) in [5.41, 5.74) is 4.73. The summed E-state index contributed by atoms with van der Waals surface area (Å²) < 4.78 is 1.79. The van der Waals surface area contributed by atoms with E-state index in [0.29, 0.717) is 43.6 Å². The van der Waals surface area contributed by atoms with Crippen molar-refractivity contribution < 1.29 is 9.59 Å². The van der Waals surface area contributed by atoms with Crippen molar-refractivity contribution in [2.45, 2.75) is 45.7 Å². The topological polar surface area (TPSA) is 148 Å². The summed E-state index contributed by atoms with van der Waals surface area (Å²) in [7, 11) is 0. The fourth-order valence-corrected chi connectivity index (χ4v) is 7.86. The zero-order valence-electron chi connectivity index (χ0n) is 26.2. The van der Waals surface area contributed by atoms with Gasteiger partial charge >= 0.3 is 6.03 Å². The lowest BCUT2D eigenvalue weighted by Gasteiger charge is -2.40. The van der Waals surface area contributed by atoms with E-state index in [1.165, 1.54) is 0 Å². The largest absolute Gasteiger partial charge is 0.382 e. The average Bonchev–Trinajstić information content (AvgIpc) is 3.76. The first-order valence-corrected chi connectivity index (χ1v) is 16.6. The Morgan fingerprint density at radius 2 is 1.76 bits per heavy atom. The molecule has 3 atom stereocenters. The third-order valence-electron chi connectivity index (χ3n) is 9.29. The first kappa shape index (κ1) is 29.9. The minimum atomic E-state index is -0.0197. The van der Waals surface area contributed by atoms with Gasteiger partial charge in [0.1, 0.15) is 6.07 Å². The molecule has 1 aliphatic carbocycles. The van der Waals surface area contributed by atoms with Gasteiger partial charge in [0.25, 0.3) is 0 Å². The molecule has 2 saturated heterocycles. The molecule has 4 aromatic rings. The Hall–Kier alpha value is -4.77. The number of aromatic nitrogens is 5. The molecule has 0 aromatic carbocycles. The third kappa shape index (κ3) is 5.71. The van der Waals surface area contributed by atoms with E-state index in [1.807, 2.05) is 35.4 Å². The molecule has 46 heavy (non-hydrogen) atoms. The van der Waals surface area contributed by atoms with Gasteiger partial charge in [0, 0.05) is 70.2 Å². The van der Waals surface area contributed by atoms with Crippen LogP contribution < -0.4 is 15.5 Å². The number of amides is 3. The number of piperazine rings is 1. The number of urea groups is 1. The highest BCUT2D eigenvalue weighted by atomic mass is 32.1. The number of piperidine rings is 1. The Balaban J connectivity index is 1.06.